The molecule has 1 unspecified atom stereocenters. The number of hydrogen-bond acceptors (Lipinski definition) is 5. The largest absolute Gasteiger partial charge is 0.368 e. The van der Waals surface area contributed by atoms with Crippen LogP contribution in [0.3, 0.4) is 0 Å². The summed E-state index contributed by atoms with van der Waals surface area (Å²) in [6.45, 7) is 3.58. The Labute approximate surface area is 176 Å². The Morgan fingerprint density at radius 1 is 0.833 bits per heavy atom. The zero-order valence-corrected chi connectivity index (χ0v) is 17.1. The summed E-state index contributed by atoms with van der Waals surface area (Å²) >= 11 is 0. The van der Waals surface area contributed by atoms with Crippen LogP contribution in [0.25, 0.3) is 0 Å². The average Bonchev–Trinajstić information content (AvgIpc) is 3.25. The maximum atomic E-state index is 13.0. The second kappa shape index (κ2) is 8.73. The Balaban J connectivity index is 1.39. The molecule has 9 nitrogen and oxygen atoms in total. The van der Waals surface area contributed by atoms with E-state index < -0.39 is 11.9 Å². The van der Waals surface area contributed by atoms with Crippen molar-refractivity contribution < 1.29 is 14.4 Å². The van der Waals surface area contributed by atoms with Crippen molar-refractivity contribution in [1.29, 1.82) is 0 Å². The summed E-state index contributed by atoms with van der Waals surface area (Å²) in [5.74, 6) is -0.702. The molecule has 160 valence electrons. The molecule has 2 saturated heterocycles. The van der Waals surface area contributed by atoms with Gasteiger partial charge < -0.3 is 20.4 Å². The van der Waals surface area contributed by atoms with Crippen molar-refractivity contribution in [2.45, 2.75) is 31.7 Å². The number of carbonyl (C=O) groups excluding carboxylic acids is 3. The number of carbonyl (C=O) groups is 3. The SMILES string of the molecule is NC(=O)C1CC(C(=O)N2CCN(C(=O)N3CCCCC3)CC2)=NN1c1ccccc1. The minimum Gasteiger partial charge on any atom is -0.368 e. The summed E-state index contributed by atoms with van der Waals surface area (Å²) in [7, 11) is 0. The van der Waals surface area contributed by atoms with Crippen molar-refractivity contribution >= 4 is 29.2 Å². The van der Waals surface area contributed by atoms with Crippen molar-refractivity contribution in [2.24, 2.45) is 10.8 Å². The minimum absolute atomic E-state index is 0.0732. The molecule has 3 heterocycles. The van der Waals surface area contributed by atoms with Gasteiger partial charge in [0.15, 0.2) is 0 Å². The molecule has 0 radical (unpaired) electrons. The monoisotopic (exact) mass is 412 g/mol. The van der Waals surface area contributed by atoms with Crippen LogP contribution in [0, 0.1) is 0 Å². The van der Waals surface area contributed by atoms with E-state index >= 15 is 0 Å². The molecule has 9 heteroatoms. The fourth-order valence-electron chi connectivity index (χ4n) is 4.25. The van der Waals surface area contributed by atoms with Crippen molar-refractivity contribution in [3.8, 4) is 0 Å². The van der Waals surface area contributed by atoms with Crippen molar-refractivity contribution in [2.75, 3.05) is 44.3 Å². The van der Waals surface area contributed by atoms with Gasteiger partial charge in [-0.25, -0.2) is 4.79 Å². The molecular weight excluding hydrogens is 384 g/mol. The number of nitrogens with two attached hydrogens (primary N) is 1. The van der Waals surface area contributed by atoms with Gasteiger partial charge in [0, 0.05) is 45.7 Å². The van der Waals surface area contributed by atoms with Crippen LogP contribution in [-0.2, 0) is 9.59 Å². The van der Waals surface area contributed by atoms with Crippen LogP contribution >= 0.6 is 0 Å². The molecule has 4 amide bonds. The van der Waals surface area contributed by atoms with E-state index in [-0.39, 0.29) is 18.4 Å². The third-order valence-electron chi connectivity index (χ3n) is 5.97. The van der Waals surface area contributed by atoms with E-state index in [0.717, 1.165) is 31.6 Å². The molecule has 3 aliphatic heterocycles. The number of urea groups is 1. The molecule has 0 aliphatic carbocycles. The third-order valence-corrected chi connectivity index (χ3v) is 5.97. The van der Waals surface area contributed by atoms with Crippen molar-refractivity contribution in [3.63, 3.8) is 0 Å². The summed E-state index contributed by atoms with van der Waals surface area (Å²) in [6, 6.07) is 8.63. The number of hydrazone groups is 1. The first kappa shape index (κ1) is 20.2. The van der Waals surface area contributed by atoms with Crippen molar-refractivity contribution in [3.05, 3.63) is 30.3 Å². The lowest BCUT2D eigenvalue weighted by molar-refractivity contribution is -0.125. The summed E-state index contributed by atoms with van der Waals surface area (Å²) in [5.41, 5.74) is 6.62. The minimum atomic E-state index is -0.673. The molecule has 30 heavy (non-hydrogen) atoms. The third kappa shape index (κ3) is 4.10. The Bertz CT molecular complexity index is 828. The van der Waals surface area contributed by atoms with Gasteiger partial charge in [-0.15, -0.1) is 0 Å². The molecule has 0 aromatic heterocycles. The summed E-state index contributed by atoms with van der Waals surface area (Å²) in [5, 5.41) is 5.97. The predicted molar refractivity (Wildman–Crippen MR) is 113 cm³/mol. The van der Waals surface area contributed by atoms with Gasteiger partial charge in [0.25, 0.3) is 5.91 Å². The molecule has 1 atom stereocenters. The first-order chi connectivity index (χ1) is 14.5. The molecular formula is C21H28N6O3. The van der Waals surface area contributed by atoms with Gasteiger partial charge in [0.2, 0.25) is 5.91 Å². The van der Waals surface area contributed by atoms with Crippen LogP contribution in [0.4, 0.5) is 10.5 Å². The van der Waals surface area contributed by atoms with Gasteiger partial charge in [-0.3, -0.25) is 14.6 Å². The van der Waals surface area contributed by atoms with Gasteiger partial charge in [0.1, 0.15) is 11.8 Å². The van der Waals surface area contributed by atoms with Crippen LogP contribution in [0.5, 0.6) is 0 Å². The number of likely N-dealkylation sites (tertiary alicyclic amines) is 1. The number of rotatable bonds is 3. The number of amides is 4. The van der Waals surface area contributed by atoms with Crippen LogP contribution in [0.15, 0.2) is 35.4 Å². The van der Waals surface area contributed by atoms with Gasteiger partial charge in [-0.05, 0) is 31.4 Å². The second-order valence-electron chi connectivity index (χ2n) is 7.96. The van der Waals surface area contributed by atoms with E-state index in [9.17, 15) is 14.4 Å². The van der Waals surface area contributed by atoms with Crippen LogP contribution in [0.1, 0.15) is 25.7 Å². The topological polar surface area (TPSA) is 103 Å². The Kier molecular flexibility index (Phi) is 5.87. The number of hydrogen-bond donors (Lipinski definition) is 1. The quantitative estimate of drug-likeness (QED) is 0.795. The molecule has 2 N–H and O–H groups in total. The first-order valence-corrected chi connectivity index (χ1v) is 10.6. The molecule has 0 spiro atoms. The number of piperazine rings is 1. The average molecular weight is 412 g/mol. The Hall–Kier alpha value is -3.10. The zero-order chi connectivity index (χ0) is 21.1. The van der Waals surface area contributed by atoms with Crippen molar-refractivity contribution in [1.82, 2.24) is 14.7 Å². The zero-order valence-electron chi connectivity index (χ0n) is 17.1. The highest BCUT2D eigenvalue weighted by atomic mass is 16.2. The molecule has 3 aliphatic rings. The van der Waals surface area contributed by atoms with Crippen LogP contribution in [0.2, 0.25) is 0 Å². The molecule has 2 fully saturated rings. The smallest absolute Gasteiger partial charge is 0.320 e. The van der Waals surface area contributed by atoms with E-state index in [0.29, 0.717) is 31.9 Å². The maximum Gasteiger partial charge on any atom is 0.320 e. The summed E-state index contributed by atoms with van der Waals surface area (Å²) in [4.78, 5) is 43.1. The number of para-hydroxylation sites is 1. The number of nitrogens with zero attached hydrogens (tertiary/aromatic N) is 5. The fourth-order valence-corrected chi connectivity index (χ4v) is 4.25. The highest BCUT2D eigenvalue weighted by molar-refractivity contribution is 6.40. The van der Waals surface area contributed by atoms with E-state index in [2.05, 4.69) is 5.10 Å². The first-order valence-electron chi connectivity index (χ1n) is 10.6. The highest BCUT2D eigenvalue weighted by Gasteiger charge is 2.37. The Morgan fingerprint density at radius 3 is 2.07 bits per heavy atom. The standard InChI is InChI=1S/C21H28N6O3/c22-19(28)18-15-17(23-27(18)16-7-3-1-4-8-16)20(29)24-11-13-26(14-12-24)21(30)25-9-5-2-6-10-25/h1,3-4,7-8,18H,2,5-6,9-15H2,(H2,22,28). The van der Waals surface area contributed by atoms with E-state index in [4.69, 9.17) is 5.73 Å². The number of anilines is 1. The van der Waals surface area contributed by atoms with E-state index in [1.54, 1.807) is 4.90 Å². The second-order valence-corrected chi connectivity index (χ2v) is 7.96. The number of primary amides is 1. The molecule has 0 bridgehead atoms. The lowest BCUT2D eigenvalue weighted by atomic mass is 10.1. The van der Waals surface area contributed by atoms with E-state index in [1.165, 1.54) is 11.4 Å². The summed E-state index contributed by atoms with van der Waals surface area (Å²) in [6.07, 6.45) is 3.49. The normalized spacial score (nSPS) is 22.1. The lowest BCUT2D eigenvalue weighted by Gasteiger charge is -2.38. The molecule has 0 saturated carbocycles. The lowest BCUT2D eigenvalue weighted by Crippen LogP contribution is -2.55. The summed E-state index contributed by atoms with van der Waals surface area (Å²) < 4.78 is 0. The van der Waals surface area contributed by atoms with Crippen LogP contribution < -0.4 is 10.7 Å². The molecule has 1 aromatic carbocycles. The van der Waals surface area contributed by atoms with Crippen LogP contribution in [-0.4, -0.2) is 83.6 Å². The Morgan fingerprint density at radius 2 is 1.43 bits per heavy atom. The number of benzene rings is 1. The predicted octanol–water partition coefficient (Wildman–Crippen LogP) is 0.857. The maximum absolute atomic E-state index is 13.0. The van der Waals surface area contributed by atoms with Gasteiger partial charge in [0.05, 0.1) is 5.69 Å². The van der Waals surface area contributed by atoms with Gasteiger partial charge in [-0.2, -0.15) is 5.10 Å². The number of piperidine rings is 1. The van der Waals surface area contributed by atoms with E-state index in [1.807, 2.05) is 40.1 Å². The molecule has 4 rings (SSSR count). The van der Waals surface area contributed by atoms with Gasteiger partial charge >= 0.3 is 6.03 Å². The highest BCUT2D eigenvalue weighted by Crippen LogP contribution is 2.25. The fraction of sp³-hybridized carbons (Fsp3) is 0.524. The molecule has 1 aromatic rings. The van der Waals surface area contributed by atoms with Gasteiger partial charge in [-0.1, -0.05) is 18.2 Å².